The summed E-state index contributed by atoms with van der Waals surface area (Å²) in [5.41, 5.74) is 1.86. The normalized spacial score (nSPS) is 18.2. The van der Waals surface area contributed by atoms with Crippen LogP contribution in [-0.4, -0.2) is 51.9 Å². The Kier molecular flexibility index (Phi) is 5.35. The molecule has 0 bridgehead atoms. The molecular formula is C23H25N5O2S2. The van der Waals surface area contributed by atoms with Crippen molar-refractivity contribution in [2.45, 2.75) is 31.1 Å². The zero-order chi connectivity index (χ0) is 22.3. The molecule has 166 valence electrons. The maximum Gasteiger partial charge on any atom is 0.234 e. The monoisotopic (exact) mass is 467 g/mol. The van der Waals surface area contributed by atoms with Gasteiger partial charge in [-0.15, -0.1) is 10.2 Å². The predicted molar refractivity (Wildman–Crippen MR) is 125 cm³/mol. The molecular weight excluding hydrogens is 442 g/mol. The average Bonchev–Trinajstić information content (AvgIpc) is 3.41. The van der Waals surface area contributed by atoms with Gasteiger partial charge < -0.3 is 0 Å². The summed E-state index contributed by atoms with van der Waals surface area (Å²) >= 11 is 1.53. The minimum Gasteiger partial charge on any atom is -0.213 e. The number of hydrogen-bond donors (Lipinski definition) is 0. The lowest BCUT2D eigenvalue weighted by Crippen LogP contribution is -2.38. The van der Waals surface area contributed by atoms with E-state index in [-0.39, 0.29) is 5.92 Å². The van der Waals surface area contributed by atoms with Gasteiger partial charge in [-0.25, -0.2) is 12.7 Å². The van der Waals surface area contributed by atoms with Crippen LogP contribution < -0.4 is 0 Å². The molecule has 1 aliphatic heterocycles. The maximum absolute atomic E-state index is 12.1. The second-order valence-corrected chi connectivity index (χ2v) is 11.4. The molecule has 9 heteroatoms. The van der Waals surface area contributed by atoms with Gasteiger partial charge in [-0.2, -0.15) is 9.61 Å². The number of aromatic nitrogens is 4. The van der Waals surface area contributed by atoms with Crippen molar-refractivity contribution in [3.05, 3.63) is 82.6 Å². The van der Waals surface area contributed by atoms with E-state index < -0.39 is 15.4 Å². The Morgan fingerprint density at radius 3 is 2.22 bits per heavy atom. The molecule has 4 aromatic rings. The molecule has 0 N–H and O–H groups in total. The van der Waals surface area contributed by atoms with Crippen molar-refractivity contribution in [1.82, 2.24) is 24.1 Å². The highest BCUT2D eigenvalue weighted by Crippen LogP contribution is 2.41. The van der Waals surface area contributed by atoms with Crippen LogP contribution in [0, 0.1) is 0 Å². The van der Waals surface area contributed by atoms with Crippen LogP contribution in [0.5, 0.6) is 0 Å². The van der Waals surface area contributed by atoms with E-state index in [1.54, 1.807) is 0 Å². The Bertz CT molecular complexity index is 1290. The molecule has 0 radical (unpaired) electrons. The fraction of sp³-hybridized carbons (Fsp3) is 0.348. The van der Waals surface area contributed by atoms with Gasteiger partial charge >= 0.3 is 0 Å². The summed E-state index contributed by atoms with van der Waals surface area (Å²) in [7, 11) is -3.24. The third-order valence-electron chi connectivity index (χ3n) is 6.36. The Morgan fingerprint density at radius 2 is 1.62 bits per heavy atom. The molecule has 1 unspecified atom stereocenters. The Morgan fingerprint density at radius 1 is 1.00 bits per heavy atom. The number of benzene rings is 2. The first-order valence-corrected chi connectivity index (χ1v) is 13.3. The van der Waals surface area contributed by atoms with Crippen molar-refractivity contribution in [1.29, 1.82) is 0 Å². The van der Waals surface area contributed by atoms with Crippen LogP contribution in [-0.2, 0) is 15.4 Å². The molecule has 5 rings (SSSR count). The van der Waals surface area contributed by atoms with Gasteiger partial charge in [-0.05, 0) is 30.9 Å². The van der Waals surface area contributed by atoms with Crippen molar-refractivity contribution < 1.29 is 8.42 Å². The molecule has 1 saturated heterocycles. The van der Waals surface area contributed by atoms with Crippen LogP contribution in [0.3, 0.4) is 0 Å². The predicted octanol–water partition coefficient (Wildman–Crippen LogP) is 3.68. The van der Waals surface area contributed by atoms with Crippen LogP contribution in [0.2, 0.25) is 0 Å². The van der Waals surface area contributed by atoms with Crippen LogP contribution in [0.1, 0.15) is 47.6 Å². The molecule has 2 aromatic carbocycles. The standard InChI is InChI=1S/C23H25N5O2S2/c1-23(18-11-5-3-6-12-18,19-13-7-4-8-14-19)21-26-28-20(24-25-22(28)31-21)17-10-9-15-27(16-17)32(2,29)30/h3-8,11-14,17H,9-10,15-16H2,1-2H3. The fourth-order valence-corrected chi connectivity index (χ4v) is 6.45. The van der Waals surface area contributed by atoms with Gasteiger partial charge in [0.15, 0.2) is 5.82 Å². The van der Waals surface area contributed by atoms with Crippen LogP contribution in [0.15, 0.2) is 60.7 Å². The summed E-state index contributed by atoms with van der Waals surface area (Å²) in [6, 6.07) is 20.7. The molecule has 7 nitrogen and oxygen atoms in total. The highest BCUT2D eigenvalue weighted by Gasteiger charge is 2.36. The summed E-state index contributed by atoms with van der Waals surface area (Å²) in [5, 5.41) is 14.7. The highest BCUT2D eigenvalue weighted by molar-refractivity contribution is 7.88. The van der Waals surface area contributed by atoms with E-state index in [9.17, 15) is 8.42 Å². The topological polar surface area (TPSA) is 80.5 Å². The smallest absolute Gasteiger partial charge is 0.213 e. The molecule has 0 spiro atoms. The van der Waals surface area contributed by atoms with E-state index in [4.69, 9.17) is 5.10 Å². The zero-order valence-electron chi connectivity index (χ0n) is 18.0. The minimum absolute atomic E-state index is 0.0249. The first kappa shape index (κ1) is 21.2. The number of sulfonamides is 1. The molecule has 2 aromatic heterocycles. The van der Waals surface area contributed by atoms with Crippen molar-refractivity contribution in [3.8, 4) is 0 Å². The van der Waals surface area contributed by atoms with Gasteiger partial charge in [-0.3, -0.25) is 0 Å². The van der Waals surface area contributed by atoms with Gasteiger partial charge in [0.1, 0.15) is 5.01 Å². The van der Waals surface area contributed by atoms with Crippen molar-refractivity contribution in [2.24, 2.45) is 0 Å². The summed E-state index contributed by atoms with van der Waals surface area (Å²) in [5.74, 6) is 0.711. The van der Waals surface area contributed by atoms with E-state index in [2.05, 4.69) is 41.4 Å². The van der Waals surface area contributed by atoms with Crippen LogP contribution in [0.25, 0.3) is 4.96 Å². The molecule has 3 heterocycles. The lowest BCUT2D eigenvalue weighted by Gasteiger charge is -2.30. The second kappa shape index (κ2) is 8.06. The van der Waals surface area contributed by atoms with E-state index in [1.807, 2.05) is 40.9 Å². The first-order valence-electron chi connectivity index (χ1n) is 10.7. The Balaban J connectivity index is 1.60. The van der Waals surface area contributed by atoms with Crippen molar-refractivity contribution >= 4 is 26.3 Å². The number of nitrogens with zero attached hydrogens (tertiary/aromatic N) is 5. The first-order chi connectivity index (χ1) is 15.4. The molecule has 0 aliphatic carbocycles. The third kappa shape index (κ3) is 3.64. The Hall–Kier alpha value is -2.62. The van der Waals surface area contributed by atoms with Gasteiger partial charge in [0.05, 0.1) is 11.7 Å². The lowest BCUT2D eigenvalue weighted by molar-refractivity contribution is 0.308. The molecule has 0 amide bonds. The van der Waals surface area contributed by atoms with Crippen molar-refractivity contribution in [2.75, 3.05) is 19.3 Å². The molecule has 1 atom stereocenters. The maximum atomic E-state index is 12.1. The summed E-state index contributed by atoms with van der Waals surface area (Å²) in [4.78, 5) is 0.726. The third-order valence-corrected chi connectivity index (χ3v) is 8.75. The van der Waals surface area contributed by atoms with Crippen molar-refractivity contribution in [3.63, 3.8) is 0 Å². The van der Waals surface area contributed by atoms with E-state index in [1.165, 1.54) is 21.9 Å². The van der Waals surface area contributed by atoms with Crippen LogP contribution >= 0.6 is 11.3 Å². The van der Waals surface area contributed by atoms with Crippen LogP contribution in [0.4, 0.5) is 0 Å². The van der Waals surface area contributed by atoms with Gasteiger partial charge in [-0.1, -0.05) is 72.0 Å². The van der Waals surface area contributed by atoms with Gasteiger partial charge in [0, 0.05) is 19.0 Å². The van der Waals surface area contributed by atoms with Gasteiger partial charge in [0.2, 0.25) is 15.0 Å². The molecule has 0 saturated carbocycles. The molecule has 1 fully saturated rings. The van der Waals surface area contributed by atoms with Gasteiger partial charge in [0.25, 0.3) is 0 Å². The Labute approximate surface area is 191 Å². The van der Waals surface area contributed by atoms with E-state index in [0.717, 1.165) is 39.8 Å². The number of piperidine rings is 1. The fourth-order valence-electron chi connectivity index (χ4n) is 4.50. The lowest BCUT2D eigenvalue weighted by atomic mass is 9.77. The molecule has 32 heavy (non-hydrogen) atoms. The number of fused-ring (bicyclic) bond motifs is 1. The summed E-state index contributed by atoms with van der Waals surface area (Å²) < 4.78 is 27.5. The highest BCUT2D eigenvalue weighted by atomic mass is 32.2. The van der Waals surface area contributed by atoms with E-state index in [0.29, 0.717) is 13.1 Å². The average molecular weight is 468 g/mol. The zero-order valence-corrected chi connectivity index (χ0v) is 19.7. The summed E-state index contributed by atoms with van der Waals surface area (Å²) in [6.45, 7) is 3.16. The summed E-state index contributed by atoms with van der Waals surface area (Å²) in [6.07, 6.45) is 2.94. The second-order valence-electron chi connectivity index (χ2n) is 8.48. The number of rotatable bonds is 5. The minimum atomic E-state index is -3.24. The van der Waals surface area contributed by atoms with E-state index >= 15 is 0 Å². The SMILES string of the molecule is CC(c1ccccc1)(c1ccccc1)c1nn2c(C3CCCN(S(C)(=O)=O)C3)nnc2s1. The largest absolute Gasteiger partial charge is 0.234 e. The number of hydrogen-bond acceptors (Lipinski definition) is 6. The molecule has 1 aliphatic rings. The quantitative estimate of drug-likeness (QED) is 0.447.